The highest BCUT2D eigenvalue weighted by molar-refractivity contribution is 7.98. The number of carbonyl (C=O) groups excluding carboxylic acids is 1. The lowest BCUT2D eigenvalue weighted by molar-refractivity contribution is -0.121. The van der Waals surface area contributed by atoms with Gasteiger partial charge in [0.25, 0.3) is 0 Å². The number of aromatic nitrogens is 1. The molecule has 1 atom stereocenters. The average Bonchev–Trinajstić information content (AvgIpc) is 2.77. The number of thiazole rings is 1. The van der Waals surface area contributed by atoms with E-state index in [9.17, 15) is 9.90 Å². The molecule has 0 bridgehead atoms. The van der Waals surface area contributed by atoms with Crippen LogP contribution in [0.2, 0.25) is 0 Å². The molecule has 0 aromatic carbocycles. The molecule has 1 aromatic rings. The Balaban J connectivity index is 2.13. The predicted molar refractivity (Wildman–Crippen MR) is 89.8 cm³/mol. The van der Waals surface area contributed by atoms with E-state index in [0.29, 0.717) is 13.0 Å². The zero-order valence-corrected chi connectivity index (χ0v) is 14.8. The molecule has 21 heavy (non-hydrogen) atoms. The Morgan fingerprint density at radius 2 is 2.29 bits per heavy atom. The van der Waals surface area contributed by atoms with Crippen molar-refractivity contribution in [3.8, 4) is 0 Å². The number of nitrogens with zero attached hydrogens (tertiary/aromatic N) is 2. The first-order chi connectivity index (χ1) is 9.78. The van der Waals surface area contributed by atoms with Gasteiger partial charge in [0.1, 0.15) is 0 Å². The summed E-state index contributed by atoms with van der Waals surface area (Å²) in [6.07, 6.45) is 0.464. The van der Waals surface area contributed by atoms with E-state index >= 15 is 0 Å². The van der Waals surface area contributed by atoms with Crippen molar-refractivity contribution >= 4 is 29.0 Å². The molecule has 1 heterocycles. The van der Waals surface area contributed by atoms with Gasteiger partial charge in [-0.1, -0.05) is 0 Å². The third-order valence-electron chi connectivity index (χ3n) is 2.71. The molecule has 1 unspecified atom stereocenters. The number of nitrogens with one attached hydrogen (secondary N) is 1. The summed E-state index contributed by atoms with van der Waals surface area (Å²) < 4.78 is 0. The molecule has 5 nitrogen and oxygen atoms in total. The first kappa shape index (κ1) is 18.4. The number of thioether (sulfide) groups is 1. The Kier molecular flexibility index (Phi) is 7.65. The van der Waals surface area contributed by atoms with E-state index in [1.807, 2.05) is 25.9 Å². The zero-order chi connectivity index (χ0) is 15.9. The number of rotatable bonds is 9. The van der Waals surface area contributed by atoms with Gasteiger partial charge in [-0.3, -0.25) is 4.79 Å². The molecule has 1 rings (SSSR count). The van der Waals surface area contributed by atoms with Crippen molar-refractivity contribution in [2.45, 2.75) is 31.6 Å². The summed E-state index contributed by atoms with van der Waals surface area (Å²) in [5.74, 6) is 1.59. The number of hydrogen-bond acceptors (Lipinski definition) is 6. The predicted octanol–water partition coefficient (Wildman–Crippen LogP) is 1.50. The van der Waals surface area contributed by atoms with Crippen molar-refractivity contribution in [2.75, 3.05) is 32.9 Å². The molecule has 0 fully saturated rings. The summed E-state index contributed by atoms with van der Waals surface area (Å²) in [6.45, 7) is 4.52. The highest BCUT2D eigenvalue weighted by Crippen LogP contribution is 2.15. The van der Waals surface area contributed by atoms with Gasteiger partial charge in [-0.2, -0.15) is 11.8 Å². The smallest absolute Gasteiger partial charge is 0.220 e. The lowest BCUT2D eigenvalue weighted by atomic mass is 10.1. The van der Waals surface area contributed by atoms with Crippen LogP contribution in [0.1, 0.15) is 24.0 Å². The minimum atomic E-state index is -0.898. The summed E-state index contributed by atoms with van der Waals surface area (Å²) >= 11 is 3.35. The lowest BCUT2D eigenvalue weighted by Gasteiger charge is -2.27. The summed E-state index contributed by atoms with van der Waals surface area (Å²) in [4.78, 5) is 18.0. The Bertz CT molecular complexity index is 447. The van der Waals surface area contributed by atoms with E-state index in [4.69, 9.17) is 0 Å². The van der Waals surface area contributed by atoms with Crippen LogP contribution in [0.15, 0.2) is 5.38 Å². The fraction of sp³-hybridized carbons (Fsp3) is 0.714. The normalized spacial score (nSPS) is 14.2. The van der Waals surface area contributed by atoms with Crippen molar-refractivity contribution in [1.29, 1.82) is 0 Å². The molecule has 0 radical (unpaired) electrons. The molecule has 0 aliphatic heterocycles. The Morgan fingerprint density at radius 1 is 1.57 bits per heavy atom. The van der Waals surface area contributed by atoms with Gasteiger partial charge >= 0.3 is 0 Å². The number of amides is 1. The van der Waals surface area contributed by atoms with Crippen LogP contribution in [0.25, 0.3) is 0 Å². The van der Waals surface area contributed by atoms with E-state index in [-0.39, 0.29) is 12.5 Å². The summed E-state index contributed by atoms with van der Waals surface area (Å²) in [7, 11) is 3.79. The Hall–Kier alpha value is -0.630. The van der Waals surface area contributed by atoms with E-state index in [0.717, 1.165) is 22.2 Å². The second-order valence-corrected chi connectivity index (χ2v) is 7.84. The van der Waals surface area contributed by atoms with Gasteiger partial charge in [0.15, 0.2) is 0 Å². The van der Waals surface area contributed by atoms with Crippen molar-refractivity contribution in [3.63, 3.8) is 0 Å². The molecular weight excluding hydrogens is 306 g/mol. The molecule has 120 valence electrons. The maximum atomic E-state index is 11.7. The molecule has 7 heteroatoms. The largest absolute Gasteiger partial charge is 0.387 e. The van der Waals surface area contributed by atoms with Gasteiger partial charge in [0, 0.05) is 36.4 Å². The standard InChI is InChI=1S/C14H25N3O2S2/c1-11-16-12(8-21-11)7-20-6-5-13(18)15-9-14(2,19)10-17(3)4/h8,19H,5-7,9-10H2,1-4H3,(H,15,18). The molecule has 1 aromatic heterocycles. The Labute approximate surface area is 135 Å². The average molecular weight is 332 g/mol. The molecule has 2 N–H and O–H groups in total. The Morgan fingerprint density at radius 3 is 2.86 bits per heavy atom. The quantitative estimate of drug-likeness (QED) is 0.672. The van der Waals surface area contributed by atoms with Crippen LogP contribution in [0.3, 0.4) is 0 Å². The SMILES string of the molecule is Cc1nc(CSCCC(=O)NCC(C)(O)CN(C)C)cs1. The van der Waals surface area contributed by atoms with Gasteiger partial charge in [0.05, 0.1) is 16.3 Å². The fourth-order valence-electron chi connectivity index (χ4n) is 1.93. The second-order valence-electron chi connectivity index (χ2n) is 5.67. The maximum Gasteiger partial charge on any atom is 0.220 e. The zero-order valence-electron chi connectivity index (χ0n) is 13.2. The van der Waals surface area contributed by atoms with Crippen LogP contribution in [-0.4, -0.2) is 59.4 Å². The van der Waals surface area contributed by atoms with Crippen LogP contribution >= 0.6 is 23.1 Å². The second kappa shape index (κ2) is 8.73. The molecular formula is C14H25N3O2S2. The summed E-state index contributed by atoms with van der Waals surface area (Å²) in [6, 6.07) is 0. The van der Waals surface area contributed by atoms with E-state index < -0.39 is 5.60 Å². The van der Waals surface area contributed by atoms with Gasteiger partial charge in [0.2, 0.25) is 5.91 Å². The van der Waals surface area contributed by atoms with Crippen LogP contribution in [0.4, 0.5) is 0 Å². The number of likely N-dealkylation sites (N-methyl/N-ethyl adjacent to an activating group) is 1. The van der Waals surface area contributed by atoms with Crippen LogP contribution < -0.4 is 5.32 Å². The molecule has 0 aliphatic carbocycles. The van der Waals surface area contributed by atoms with Crippen molar-refractivity contribution in [2.24, 2.45) is 0 Å². The van der Waals surface area contributed by atoms with Crippen molar-refractivity contribution < 1.29 is 9.90 Å². The molecule has 0 saturated heterocycles. The van der Waals surface area contributed by atoms with Crippen LogP contribution in [0.5, 0.6) is 0 Å². The van der Waals surface area contributed by atoms with Gasteiger partial charge in [-0.05, 0) is 27.9 Å². The van der Waals surface area contributed by atoms with Gasteiger partial charge < -0.3 is 15.3 Å². The third-order valence-corrected chi connectivity index (χ3v) is 4.53. The van der Waals surface area contributed by atoms with Crippen LogP contribution in [-0.2, 0) is 10.5 Å². The highest BCUT2D eigenvalue weighted by atomic mass is 32.2. The summed E-state index contributed by atoms with van der Waals surface area (Å²) in [5.41, 5.74) is 0.182. The molecule has 0 spiro atoms. The van der Waals surface area contributed by atoms with Crippen molar-refractivity contribution in [3.05, 3.63) is 16.1 Å². The molecule has 0 saturated carbocycles. The first-order valence-electron chi connectivity index (χ1n) is 6.91. The fourth-order valence-corrected chi connectivity index (χ4v) is 3.48. The third kappa shape index (κ3) is 8.40. The molecule has 1 amide bonds. The topological polar surface area (TPSA) is 65.5 Å². The number of hydrogen-bond donors (Lipinski definition) is 2. The minimum Gasteiger partial charge on any atom is -0.387 e. The summed E-state index contributed by atoms with van der Waals surface area (Å²) in [5, 5.41) is 16.0. The highest BCUT2D eigenvalue weighted by Gasteiger charge is 2.21. The van der Waals surface area contributed by atoms with E-state index in [1.165, 1.54) is 0 Å². The first-order valence-corrected chi connectivity index (χ1v) is 8.94. The van der Waals surface area contributed by atoms with Gasteiger partial charge in [-0.15, -0.1) is 11.3 Å². The monoisotopic (exact) mass is 331 g/mol. The van der Waals surface area contributed by atoms with Crippen molar-refractivity contribution in [1.82, 2.24) is 15.2 Å². The number of aliphatic hydroxyl groups is 1. The van der Waals surface area contributed by atoms with Gasteiger partial charge in [-0.25, -0.2) is 4.98 Å². The van der Waals surface area contributed by atoms with E-state index in [1.54, 1.807) is 30.0 Å². The maximum absolute atomic E-state index is 11.7. The minimum absolute atomic E-state index is 0.0176. The number of carbonyl (C=O) groups is 1. The molecule has 0 aliphatic rings. The van der Waals surface area contributed by atoms with Crippen LogP contribution in [0, 0.1) is 6.92 Å². The number of aryl methyl sites for hydroxylation is 1. The lowest BCUT2D eigenvalue weighted by Crippen LogP contribution is -2.47. The van der Waals surface area contributed by atoms with E-state index in [2.05, 4.69) is 15.7 Å².